The molecule has 0 amide bonds. The lowest BCUT2D eigenvalue weighted by atomic mass is 10.0. The quantitative estimate of drug-likeness (QED) is 0.887. The third-order valence-electron chi connectivity index (χ3n) is 3.39. The van der Waals surface area contributed by atoms with Crippen LogP contribution in [0.2, 0.25) is 0 Å². The van der Waals surface area contributed by atoms with E-state index in [1.807, 2.05) is 4.68 Å². The Morgan fingerprint density at radius 2 is 1.85 bits per heavy atom. The summed E-state index contributed by atoms with van der Waals surface area (Å²) < 4.78 is 1.95. The molecule has 0 saturated carbocycles. The topological polar surface area (TPSA) is 38.1 Å². The van der Waals surface area contributed by atoms with Crippen molar-refractivity contribution >= 4 is 0 Å². The Kier molecular flexibility index (Phi) is 4.48. The molecule has 20 heavy (non-hydrogen) atoms. The highest BCUT2D eigenvalue weighted by atomic mass is 16.3. The summed E-state index contributed by atoms with van der Waals surface area (Å²) in [5.41, 5.74) is 4.41. The van der Waals surface area contributed by atoms with Crippen LogP contribution < -0.4 is 0 Å². The van der Waals surface area contributed by atoms with Gasteiger partial charge in [0.2, 0.25) is 5.88 Å². The molecule has 0 aliphatic heterocycles. The van der Waals surface area contributed by atoms with Crippen molar-refractivity contribution in [2.75, 3.05) is 0 Å². The van der Waals surface area contributed by atoms with Crippen molar-refractivity contribution in [1.82, 2.24) is 9.78 Å². The number of hydrogen-bond acceptors (Lipinski definition) is 2. The number of nitrogens with zero attached hydrogens (tertiary/aromatic N) is 2. The first-order chi connectivity index (χ1) is 9.52. The summed E-state index contributed by atoms with van der Waals surface area (Å²) in [6.45, 7) is 9.35. The summed E-state index contributed by atoms with van der Waals surface area (Å²) in [5.74, 6) is 0.677. The third-order valence-corrected chi connectivity index (χ3v) is 3.39. The molecular formula is C17H24N2O. The molecule has 0 unspecified atom stereocenters. The molecule has 1 aromatic carbocycles. The van der Waals surface area contributed by atoms with Crippen molar-refractivity contribution in [3.05, 3.63) is 35.4 Å². The minimum absolute atomic E-state index is 0.183. The van der Waals surface area contributed by atoms with Crippen molar-refractivity contribution in [1.29, 1.82) is 0 Å². The van der Waals surface area contributed by atoms with E-state index in [1.54, 1.807) is 0 Å². The van der Waals surface area contributed by atoms with Crippen molar-refractivity contribution < 1.29 is 5.11 Å². The molecular weight excluding hydrogens is 248 g/mol. The molecule has 0 bridgehead atoms. The molecule has 3 heteroatoms. The van der Waals surface area contributed by atoms with Crippen molar-refractivity contribution in [3.8, 4) is 17.1 Å². The van der Waals surface area contributed by atoms with Crippen molar-refractivity contribution in [3.63, 3.8) is 0 Å². The monoisotopic (exact) mass is 272 g/mol. The van der Waals surface area contributed by atoms with Crippen LogP contribution in [0.1, 0.15) is 38.3 Å². The molecule has 0 saturated heterocycles. The molecule has 0 aliphatic carbocycles. The van der Waals surface area contributed by atoms with Crippen LogP contribution in [0, 0.1) is 12.8 Å². The van der Waals surface area contributed by atoms with Gasteiger partial charge in [-0.05, 0) is 19.3 Å². The van der Waals surface area contributed by atoms with E-state index < -0.39 is 0 Å². The van der Waals surface area contributed by atoms with E-state index in [0.717, 1.165) is 36.2 Å². The van der Waals surface area contributed by atoms with Crippen LogP contribution in [0.4, 0.5) is 0 Å². The molecule has 3 nitrogen and oxygen atoms in total. The van der Waals surface area contributed by atoms with Crippen LogP contribution in [0.25, 0.3) is 11.3 Å². The van der Waals surface area contributed by atoms with E-state index in [4.69, 9.17) is 0 Å². The molecule has 1 N–H and O–H groups in total. The molecule has 0 radical (unpaired) electrons. The summed E-state index contributed by atoms with van der Waals surface area (Å²) in [4.78, 5) is 0. The lowest BCUT2D eigenvalue weighted by Gasteiger charge is -2.11. The van der Waals surface area contributed by atoms with E-state index in [9.17, 15) is 5.11 Å². The maximum atomic E-state index is 10.1. The fraction of sp³-hybridized carbons (Fsp3) is 0.471. The summed E-state index contributed by atoms with van der Waals surface area (Å²) in [6.07, 6.45) is 1.85. The van der Waals surface area contributed by atoms with Gasteiger partial charge < -0.3 is 5.11 Å². The number of aryl methyl sites for hydroxylation is 1. The maximum Gasteiger partial charge on any atom is 0.234 e. The second-order valence-electron chi connectivity index (χ2n) is 5.84. The second kappa shape index (κ2) is 6.12. The van der Waals surface area contributed by atoms with Gasteiger partial charge in [-0.2, -0.15) is 0 Å². The highest BCUT2D eigenvalue weighted by Crippen LogP contribution is 2.32. The third kappa shape index (κ3) is 3.03. The fourth-order valence-electron chi connectivity index (χ4n) is 2.48. The van der Waals surface area contributed by atoms with Crippen LogP contribution in [0.15, 0.2) is 24.3 Å². The second-order valence-corrected chi connectivity index (χ2v) is 5.84. The molecule has 0 aliphatic rings. The molecule has 0 spiro atoms. The smallest absolute Gasteiger partial charge is 0.234 e. The van der Waals surface area contributed by atoms with E-state index >= 15 is 0 Å². The SMILES string of the molecule is CCCc1c(O)nn(CC(C)C)c1-c1ccc(C)cc1. The Labute approximate surface area is 121 Å². The van der Waals surface area contributed by atoms with E-state index in [0.29, 0.717) is 5.92 Å². The molecule has 1 aromatic heterocycles. The van der Waals surface area contributed by atoms with Gasteiger partial charge >= 0.3 is 0 Å². The van der Waals surface area contributed by atoms with Gasteiger partial charge in [0.05, 0.1) is 5.69 Å². The largest absolute Gasteiger partial charge is 0.492 e. The Bertz CT molecular complexity index is 567. The molecule has 1 heterocycles. The van der Waals surface area contributed by atoms with Gasteiger partial charge in [0.25, 0.3) is 0 Å². The standard InChI is InChI=1S/C17H24N2O/c1-5-6-15-16(14-9-7-13(4)8-10-14)19(11-12(2)3)18-17(15)20/h7-10,12H,5-6,11H2,1-4H3,(H,18,20). The molecule has 0 atom stereocenters. The van der Waals surface area contributed by atoms with Gasteiger partial charge in [-0.3, -0.25) is 4.68 Å². The number of rotatable bonds is 5. The minimum Gasteiger partial charge on any atom is -0.492 e. The van der Waals surface area contributed by atoms with Crippen molar-refractivity contribution in [2.45, 2.75) is 47.1 Å². The van der Waals surface area contributed by atoms with Crippen LogP contribution in [0.5, 0.6) is 5.88 Å². The minimum atomic E-state index is 0.183. The fourth-order valence-corrected chi connectivity index (χ4v) is 2.48. The summed E-state index contributed by atoms with van der Waals surface area (Å²) in [5, 5.41) is 14.5. The number of benzene rings is 1. The molecule has 0 fully saturated rings. The van der Waals surface area contributed by atoms with Gasteiger partial charge in [-0.15, -0.1) is 5.10 Å². The first-order valence-electron chi connectivity index (χ1n) is 7.38. The summed E-state index contributed by atoms with van der Waals surface area (Å²) in [6, 6.07) is 8.44. The average Bonchev–Trinajstić information content (AvgIpc) is 2.67. The van der Waals surface area contributed by atoms with Crippen LogP contribution in [-0.4, -0.2) is 14.9 Å². The first kappa shape index (κ1) is 14.6. The van der Waals surface area contributed by atoms with Gasteiger partial charge in [0.15, 0.2) is 0 Å². The van der Waals surface area contributed by atoms with Gasteiger partial charge in [0, 0.05) is 17.7 Å². The zero-order valence-corrected chi connectivity index (χ0v) is 12.8. The van der Waals surface area contributed by atoms with Gasteiger partial charge in [-0.1, -0.05) is 57.0 Å². The lowest BCUT2D eigenvalue weighted by Crippen LogP contribution is -2.08. The normalized spacial score (nSPS) is 11.2. The van der Waals surface area contributed by atoms with Crippen LogP contribution >= 0.6 is 0 Å². The van der Waals surface area contributed by atoms with E-state index in [2.05, 4.69) is 57.1 Å². The molecule has 108 valence electrons. The Morgan fingerprint density at radius 3 is 2.40 bits per heavy atom. The Morgan fingerprint density at radius 1 is 1.20 bits per heavy atom. The van der Waals surface area contributed by atoms with Gasteiger partial charge in [-0.25, -0.2) is 0 Å². The Balaban J connectivity index is 2.54. The first-order valence-corrected chi connectivity index (χ1v) is 7.38. The molecule has 2 aromatic rings. The lowest BCUT2D eigenvalue weighted by molar-refractivity contribution is 0.418. The maximum absolute atomic E-state index is 10.1. The number of hydrogen-bond donors (Lipinski definition) is 1. The number of aromatic nitrogens is 2. The Hall–Kier alpha value is -1.77. The average molecular weight is 272 g/mol. The molecule has 2 rings (SSSR count). The summed E-state index contributed by atoms with van der Waals surface area (Å²) >= 11 is 0. The van der Waals surface area contributed by atoms with E-state index in [1.165, 1.54) is 5.56 Å². The van der Waals surface area contributed by atoms with Crippen LogP contribution in [-0.2, 0) is 13.0 Å². The zero-order chi connectivity index (χ0) is 14.7. The highest BCUT2D eigenvalue weighted by Gasteiger charge is 2.18. The number of aromatic hydroxyl groups is 1. The van der Waals surface area contributed by atoms with Crippen molar-refractivity contribution in [2.24, 2.45) is 5.92 Å². The predicted molar refractivity (Wildman–Crippen MR) is 82.9 cm³/mol. The summed E-state index contributed by atoms with van der Waals surface area (Å²) in [7, 11) is 0. The van der Waals surface area contributed by atoms with E-state index in [-0.39, 0.29) is 5.88 Å². The predicted octanol–water partition coefficient (Wildman–Crippen LogP) is 4.17. The van der Waals surface area contributed by atoms with Crippen LogP contribution in [0.3, 0.4) is 0 Å². The zero-order valence-electron chi connectivity index (χ0n) is 12.8. The highest BCUT2D eigenvalue weighted by molar-refractivity contribution is 5.66. The van der Waals surface area contributed by atoms with Gasteiger partial charge in [0.1, 0.15) is 0 Å².